The maximum atomic E-state index is 9.79. The van der Waals surface area contributed by atoms with Crippen LogP contribution in [0.5, 0.6) is 0 Å². The van der Waals surface area contributed by atoms with Crippen molar-refractivity contribution in [3.63, 3.8) is 0 Å². The number of halogens is 1. The molecule has 0 fully saturated rings. The summed E-state index contributed by atoms with van der Waals surface area (Å²) >= 11 is 5.58. The molecule has 3 nitrogen and oxygen atoms in total. The van der Waals surface area contributed by atoms with Crippen molar-refractivity contribution in [1.29, 1.82) is 0 Å². The van der Waals surface area contributed by atoms with Gasteiger partial charge in [0.05, 0.1) is 0 Å². The van der Waals surface area contributed by atoms with Gasteiger partial charge in [-0.2, -0.15) is 0 Å². The van der Waals surface area contributed by atoms with Gasteiger partial charge in [0.25, 0.3) is 0 Å². The van der Waals surface area contributed by atoms with Gasteiger partial charge in [-0.1, -0.05) is 30.3 Å². The summed E-state index contributed by atoms with van der Waals surface area (Å²) in [5.74, 6) is -0.759. The van der Waals surface area contributed by atoms with Gasteiger partial charge in [-0.15, -0.1) is 11.6 Å². The van der Waals surface area contributed by atoms with E-state index in [1.807, 2.05) is 30.3 Å². The predicted molar refractivity (Wildman–Crippen MR) is 60.6 cm³/mol. The first kappa shape index (κ1) is 13.8. The quantitative estimate of drug-likeness (QED) is 0.478. The van der Waals surface area contributed by atoms with Gasteiger partial charge in [0.1, 0.15) is 5.50 Å². The van der Waals surface area contributed by atoms with E-state index in [0.717, 1.165) is 5.56 Å². The van der Waals surface area contributed by atoms with Crippen LogP contribution in [0.15, 0.2) is 30.3 Å². The third kappa shape index (κ3) is 6.82. The van der Waals surface area contributed by atoms with E-state index in [0.29, 0.717) is 0 Å². The van der Waals surface area contributed by atoms with Crippen LogP contribution in [0.2, 0.25) is 0 Å². The second-order valence-electron chi connectivity index (χ2n) is 2.92. The molecular weight excluding hydrogens is 214 g/mol. The summed E-state index contributed by atoms with van der Waals surface area (Å²) in [6, 6.07) is 9.56. The van der Waals surface area contributed by atoms with Crippen LogP contribution in [0.25, 0.3) is 0 Å². The maximum absolute atomic E-state index is 9.79. The number of carbonyl (C=O) groups is 2. The second kappa shape index (κ2) is 7.15. The van der Waals surface area contributed by atoms with Crippen molar-refractivity contribution in [2.24, 2.45) is 5.73 Å². The summed E-state index contributed by atoms with van der Waals surface area (Å²) in [4.78, 5) is 19.6. The third-order valence-corrected chi connectivity index (χ3v) is 1.87. The van der Waals surface area contributed by atoms with Crippen LogP contribution in [0, 0.1) is 0 Å². The van der Waals surface area contributed by atoms with Crippen molar-refractivity contribution < 1.29 is 9.59 Å². The highest BCUT2D eigenvalue weighted by molar-refractivity contribution is 6.35. The van der Waals surface area contributed by atoms with Crippen molar-refractivity contribution in [2.45, 2.75) is 19.3 Å². The van der Waals surface area contributed by atoms with Gasteiger partial charge in [0, 0.05) is 13.8 Å². The number of rotatable bonds is 2. The number of alkyl halides is 1. The summed E-state index contributed by atoms with van der Waals surface area (Å²) in [5.41, 5.74) is 5.97. The molecule has 0 aliphatic rings. The van der Waals surface area contributed by atoms with Crippen LogP contribution in [-0.4, -0.2) is 11.6 Å². The van der Waals surface area contributed by atoms with Crippen molar-refractivity contribution in [3.8, 4) is 0 Å². The van der Waals surface area contributed by atoms with E-state index >= 15 is 0 Å². The van der Waals surface area contributed by atoms with Crippen LogP contribution in [0.4, 0.5) is 0 Å². The molecule has 0 amide bonds. The van der Waals surface area contributed by atoms with Crippen LogP contribution >= 0.6 is 11.6 Å². The molecule has 0 bridgehead atoms. The molecule has 1 rings (SSSR count). The normalized spacial score (nSPS) is 10.9. The second-order valence-corrected chi connectivity index (χ2v) is 3.40. The van der Waals surface area contributed by atoms with Crippen LogP contribution in [0.3, 0.4) is 0 Å². The number of benzene rings is 1. The summed E-state index contributed by atoms with van der Waals surface area (Å²) in [6.07, 6.45) is 0. The molecule has 0 spiro atoms. The monoisotopic (exact) mass is 227 g/mol. The third-order valence-electron chi connectivity index (χ3n) is 1.61. The molecule has 15 heavy (non-hydrogen) atoms. The Hall–Kier alpha value is -1.19. The Morgan fingerprint density at radius 3 is 1.73 bits per heavy atom. The molecule has 0 saturated carbocycles. The molecule has 0 saturated heterocycles. The lowest BCUT2D eigenvalue weighted by molar-refractivity contribution is -0.134. The van der Waals surface area contributed by atoms with Crippen molar-refractivity contribution >= 4 is 23.2 Å². The Labute approximate surface area is 94.2 Å². The molecule has 1 unspecified atom stereocenters. The first-order valence-corrected chi connectivity index (χ1v) is 4.85. The minimum Gasteiger partial charge on any atom is -0.312 e. The molecule has 1 aromatic carbocycles. The number of carbonyl (C=O) groups excluding carboxylic acids is 2. The molecule has 0 radical (unpaired) electrons. The average molecular weight is 228 g/mol. The summed E-state index contributed by atoms with van der Waals surface area (Å²) in [7, 11) is 0. The van der Waals surface area contributed by atoms with Gasteiger partial charge in [-0.3, -0.25) is 9.59 Å². The van der Waals surface area contributed by atoms with Crippen LogP contribution in [0.1, 0.15) is 24.9 Å². The van der Waals surface area contributed by atoms with E-state index < -0.39 is 0 Å². The zero-order chi connectivity index (χ0) is 11.8. The van der Waals surface area contributed by atoms with Crippen molar-refractivity contribution in [3.05, 3.63) is 35.9 Å². The molecule has 1 aromatic rings. The number of Topliss-reactive ketones (excluding diaryl/α,β-unsaturated/α-hetero) is 2. The molecule has 2 N–H and O–H groups in total. The van der Waals surface area contributed by atoms with E-state index in [1.165, 1.54) is 13.8 Å². The Bertz CT molecular complexity index is 311. The first-order chi connectivity index (χ1) is 6.95. The predicted octanol–water partition coefficient (Wildman–Crippen LogP) is 2.05. The fourth-order valence-electron chi connectivity index (χ4n) is 0.637. The zero-order valence-corrected chi connectivity index (χ0v) is 9.49. The molecule has 0 heterocycles. The Morgan fingerprint density at radius 2 is 1.53 bits per heavy atom. The molecule has 82 valence electrons. The van der Waals surface area contributed by atoms with Gasteiger partial charge >= 0.3 is 0 Å². The van der Waals surface area contributed by atoms with Gasteiger partial charge in [0.15, 0.2) is 11.6 Å². The molecule has 1 atom stereocenters. The van der Waals surface area contributed by atoms with E-state index in [-0.39, 0.29) is 17.1 Å². The van der Waals surface area contributed by atoms with E-state index in [1.54, 1.807) is 0 Å². The lowest BCUT2D eigenvalue weighted by Crippen LogP contribution is -2.01. The standard InChI is InChI=1S/C7H8ClN.C4H6O2/c8-7(9)6-4-2-1-3-5-6;1-3(5)4(2)6/h1-5,7H,9H2;1-2H3. The minimum atomic E-state index is -0.380. The fraction of sp³-hybridized carbons (Fsp3) is 0.273. The van der Waals surface area contributed by atoms with E-state index in [9.17, 15) is 9.59 Å². The van der Waals surface area contributed by atoms with Gasteiger partial charge in [-0.05, 0) is 5.56 Å². The zero-order valence-electron chi connectivity index (χ0n) is 8.74. The highest BCUT2D eigenvalue weighted by Gasteiger charge is 1.96. The topological polar surface area (TPSA) is 60.2 Å². The minimum absolute atomic E-state index is 0.369. The number of hydrogen-bond donors (Lipinski definition) is 1. The lowest BCUT2D eigenvalue weighted by Gasteiger charge is -1.99. The SMILES string of the molecule is CC(=O)C(C)=O.NC(Cl)c1ccccc1. The number of hydrogen-bond acceptors (Lipinski definition) is 3. The fourth-order valence-corrected chi connectivity index (χ4v) is 0.782. The molecule has 0 aliphatic heterocycles. The largest absolute Gasteiger partial charge is 0.312 e. The van der Waals surface area contributed by atoms with Crippen molar-refractivity contribution in [2.75, 3.05) is 0 Å². The summed E-state index contributed by atoms with van der Waals surface area (Å²) < 4.78 is 0. The van der Waals surface area contributed by atoms with Gasteiger partial charge in [-0.25, -0.2) is 0 Å². The Morgan fingerprint density at radius 1 is 1.13 bits per heavy atom. The first-order valence-electron chi connectivity index (χ1n) is 4.41. The highest BCUT2D eigenvalue weighted by Crippen LogP contribution is 2.11. The Kier molecular flexibility index (Phi) is 6.58. The Balaban J connectivity index is 0.000000288. The highest BCUT2D eigenvalue weighted by atomic mass is 35.5. The van der Waals surface area contributed by atoms with Crippen LogP contribution < -0.4 is 5.73 Å². The van der Waals surface area contributed by atoms with Gasteiger partial charge < -0.3 is 5.73 Å². The summed E-state index contributed by atoms with van der Waals surface area (Å²) in [5, 5.41) is 0. The molecule has 0 aliphatic carbocycles. The number of ketones is 2. The summed E-state index contributed by atoms with van der Waals surface area (Å²) in [6.45, 7) is 2.50. The maximum Gasteiger partial charge on any atom is 0.195 e. The molecule has 4 heteroatoms. The van der Waals surface area contributed by atoms with E-state index in [2.05, 4.69) is 0 Å². The smallest absolute Gasteiger partial charge is 0.195 e. The average Bonchev–Trinajstić information content (AvgIpc) is 2.20. The number of nitrogens with two attached hydrogens (primary N) is 1. The molecular formula is C11H14ClNO2. The van der Waals surface area contributed by atoms with E-state index in [4.69, 9.17) is 17.3 Å². The van der Waals surface area contributed by atoms with Gasteiger partial charge in [0.2, 0.25) is 0 Å². The molecule has 0 aromatic heterocycles. The van der Waals surface area contributed by atoms with Crippen molar-refractivity contribution in [1.82, 2.24) is 0 Å². The lowest BCUT2D eigenvalue weighted by atomic mass is 10.2. The van der Waals surface area contributed by atoms with Crippen LogP contribution in [-0.2, 0) is 9.59 Å².